The highest BCUT2D eigenvalue weighted by molar-refractivity contribution is 5.73. The second-order valence-corrected chi connectivity index (χ2v) is 17.8. The number of allylic oxidation sites excluding steroid dienone is 1. The van der Waals surface area contributed by atoms with Gasteiger partial charge in [-0.05, 0) is 97.5 Å². The normalized spacial score (nSPS) is 45.2. The number of nitrogen functional groups attached to an aromatic ring is 1. The molecule has 0 amide bonds. The highest BCUT2D eigenvalue weighted by atomic mass is 16.5. The number of aliphatic carboxylic acids is 1. The Morgan fingerprint density at radius 1 is 1.16 bits per heavy atom. The number of hydrogen-bond acceptors (Lipinski definition) is 8. The first-order valence-electron chi connectivity index (χ1n) is 17.3. The molecule has 45 heavy (non-hydrogen) atoms. The summed E-state index contributed by atoms with van der Waals surface area (Å²) < 4.78 is 13.4. The van der Waals surface area contributed by atoms with Crippen LogP contribution in [0.3, 0.4) is 0 Å². The number of nitrogens with zero attached hydrogens (tertiary/aromatic N) is 4. The molecule has 5 N–H and O–H groups in total. The van der Waals surface area contributed by atoms with E-state index in [-0.39, 0.29) is 51.1 Å². The van der Waals surface area contributed by atoms with Gasteiger partial charge in [-0.15, -0.1) is 5.10 Å². The molecule has 1 unspecified atom stereocenters. The number of fused-ring (bicyclic) bond motifs is 3. The van der Waals surface area contributed by atoms with Gasteiger partial charge in [0.25, 0.3) is 5.95 Å². The summed E-state index contributed by atoms with van der Waals surface area (Å²) in [6.45, 7) is 21.7. The predicted octanol–water partition coefficient (Wildman–Crippen LogP) is 5.51. The number of carboxylic acid groups (broad SMARTS) is 1. The smallest absolute Gasteiger partial charge is 0.307 e. The van der Waals surface area contributed by atoms with Gasteiger partial charge in [0.2, 0.25) is 0 Å². The van der Waals surface area contributed by atoms with E-state index in [1.807, 2.05) is 13.8 Å². The van der Waals surface area contributed by atoms with Crippen LogP contribution in [0.2, 0.25) is 0 Å². The number of rotatable bonds is 7. The molecule has 5 aliphatic rings. The third-order valence-electron chi connectivity index (χ3n) is 14.5. The third kappa shape index (κ3) is 4.58. The first kappa shape index (κ1) is 32.9. The minimum Gasteiger partial charge on any atom is -0.481 e. The van der Waals surface area contributed by atoms with E-state index in [1.165, 1.54) is 5.57 Å². The van der Waals surface area contributed by atoms with E-state index >= 15 is 0 Å². The van der Waals surface area contributed by atoms with Crippen LogP contribution in [0.1, 0.15) is 107 Å². The lowest BCUT2D eigenvalue weighted by Crippen LogP contribution is -2.69. The number of carbonyl (C=O) groups is 1. The Hall–Kier alpha value is -2.04. The fourth-order valence-electron chi connectivity index (χ4n) is 11.8. The van der Waals surface area contributed by atoms with E-state index in [4.69, 9.17) is 20.9 Å². The van der Waals surface area contributed by atoms with Crippen LogP contribution in [0.25, 0.3) is 0 Å². The molecular weight excluding hydrogens is 568 g/mol. The van der Waals surface area contributed by atoms with Crippen molar-refractivity contribution >= 4 is 11.9 Å². The molecule has 252 valence electrons. The summed E-state index contributed by atoms with van der Waals surface area (Å²) in [6.07, 6.45) is 7.84. The number of carboxylic acids is 1. The van der Waals surface area contributed by atoms with Gasteiger partial charge in [0.05, 0.1) is 31.8 Å². The Morgan fingerprint density at radius 2 is 1.87 bits per heavy atom. The van der Waals surface area contributed by atoms with Crippen LogP contribution in [0, 0.1) is 56.7 Å². The molecule has 6 rings (SSSR count). The van der Waals surface area contributed by atoms with Crippen molar-refractivity contribution in [3.05, 3.63) is 11.6 Å². The molecule has 1 aromatic heterocycles. The van der Waals surface area contributed by atoms with Crippen LogP contribution in [0.5, 0.6) is 0 Å². The molecule has 1 saturated heterocycles. The van der Waals surface area contributed by atoms with Gasteiger partial charge in [-0.3, -0.25) is 4.79 Å². The maximum Gasteiger partial charge on any atom is 0.307 e. The molecular formula is C35H58N6O4. The van der Waals surface area contributed by atoms with Crippen molar-refractivity contribution in [3.63, 3.8) is 0 Å². The molecule has 0 aromatic carbocycles. The van der Waals surface area contributed by atoms with Crippen molar-refractivity contribution < 1.29 is 19.4 Å². The number of tetrazole rings is 1. The van der Waals surface area contributed by atoms with E-state index < -0.39 is 17.4 Å². The van der Waals surface area contributed by atoms with Gasteiger partial charge < -0.3 is 26.0 Å². The van der Waals surface area contributed by atoms with E-state index in [0.29, 0.717) is 37.6 Å². The fraction of sp³-hybridized carbons (Fsp3) is 0.886. The molecule has 2 heterocycles. The minimum atomic E-state index is -0.633. The van der Waals surface area contributed by atoms with Crippen molar-refractivity contribution in [1.82, 2.24) is 20.2 Å². The van der Waals surface area contributed by atoms with E-state index in [2.05, 4.69) is 70.0 Å². The Morgan fingerprint density at radius 3 is 2.47 bits per heavy atom. The van der Waals surface area contributed by atoms with Crippen LogP contribution in [0.15, 0.2) is 11.6 Å². The summed E-state index contributed by atoms with van der Waals surface area (Å²) in [4.78, 5) is 15.1. The summed E-state index contributed by atoms with van der Waals surface area (Å²) in [5.74, 6) is 0.471. The Bertz CT molecular complexity index is 1360. The standard InChI is InChI=1S/C35H58N6O4/c1-20(2)21(3)31(6)14-15-33(8)22-10-11-25-32(7)18-44-19-35(25,23(22)12-13-34(33,9)26(31)28(42)43)16-24(41-39-29(36)38-40-41)27(32)45-17-30(4,5)37/h12,20-22,24-27H,10-11,13-19,37H2,1-9H3,(H2,36,39)(H,42,43)/t21-,22+,24-,25+,26-,27-,31-,32+,33-,34+,35?/m1/s1. The molecule has 1 aromatic rings. The zero-order valence-electron chi connectivity index (χ0n) is 29.1. The molecule has 11 atom stereocenters. The number of anilines is 1. The lowest BCUT2D eigenvalue weighted by molar-refractivity contribution is -0.253. The van der Waals surface area contributed by atoms with Gasteiger partial charge in [-0.2, -0.15) is 4.80 Å². The first-order valence-corrected chi connectivity index (χ1v) is 17.3. The number of ether oxygens (including phenoxy) is 2. The summed E-state index contributed by atoms with van der Waals surface area (Å²) in [5.41, 5.74) is 12.1. The molecule has 10 nitrogen and oxygen atoms in total. The topological polar surface area (TPSA) is 151 Å². The monoisotopic (exact) mass is 626 g/mol. The average Bonchev–Trinajstić information content (AvgIpc) is 3.37. The summed E-state index contributed by atoms with van der Waals surface area (Å²) >= 11 is 0. The molecule has 3 saturated carbocycles. The maximum atomic E-state index is 13.4. The highest BCUT2D eigenvalue weighted by Crippen LogP contribution is 2.75. The zero-order chi connectivity index (χ0) is 33.0. The zero-order valence-corrected chi connectivity index (χ0v) is 29.1. The summed E-state index contributed by atoms with van der Waals surface area (Å²) in [7, 11) is 0. The van der Waals surface area contributed by atoms with Gasteiger partial charge in [0.15, 0.2) is 0 Å². The molecule has 0 spiro atoms. The molecule has 4 aliphatic carbocycles. The predicted molar refractivity (Wildman–Crippen MR) is 173 cm³/mol. The molecule has 2 bridgehead atoms. The second kappa shape index (κ2) is 10.5. The largest absolute Gasteiger partial charge is 0.481 e. The van der Waals surface area contributed by atoms with Crippen molar-refractivity contribution in [2.45, 2.75) is 119 Å². The van der Waals surface area contributed by atoms with E-state index in [0.717, 1.165) is 38.5 Å². The SMILES string of the molecule is CC(C)[C@@H](C)[C@@]1(C)CC[C@]2(C)[C@H]3CC[C@@H]4C5(COC[C@]4(C)[C@H](OCC(C)(C)N)[C@H](n4nnc(N)n4)C5)C3=CC[C@@]2(C)[C@@H]1C(=O)O. The quantitative estimate of drug-likeness (QED) is 0.333. The molecule has 4 fully saturated rings. The van der Waals surface area contributed by atoms with Crippen LogP contribution < -0.4 is 11.5 Å². The van der Waals surface area contributed by atoms with Crippen molar-refractivity contribution in [2.75, 3.05) is 25.6 Å². The molecule has 10 heteroatoms. The van der Waals surface area contributed by atoms with Gasteiger partial charge in [-0.25, -0.2) is 0 Å². The molecule has 1 aliphatic heterocycles. The van der Waals surface area contributed by atoms with Crippen LogP contribution in [-0.4, -0.2) is 62.7 Å². The third-order valence-corrected chi connectivity index (χ3v) is 14.5. The molecule has 0 radical (unpaired) electrons. The second-order valence-electron chi connectivity index (χ2n) is 17.8. The van der Waals surface area contributed by atoms with E-state index in [1.54, 1.807) is 4.80 Å². The lowest BCUT2D eigenvalue weighted by atomic mass is 9.34. The van der Waals surface area contributed by atoms with Gasteiger partial charge in [0.1, 0.15) is 6.04 Å². The number of hydrogen-bond donors (Lipinski definition) is 3. The average molecular weight is 627 g/mol. The maximum absolute atomic E-state index is 13.4. The number of nitrogens with two attached hydrogens (primary N) is 2. The van der Waals surface area contributed by atoms with Crippen LogP contribution in [0.4, 0.5) is 5.95 Å². The number of aromatic nitrogens is 4. The van der Waals surface area contributed by atoms with Crippen molar-refractivity contribution in [1.29, 1.82) is 0 Å². The summed E-state index contributed by atoms with van der Waals surface area (Å²) in [6, 6.07) is -0.184. The van der Waals surface area contributed by atoms with Crippen LogP contribution in [-0.2, 0) is 14.3 Å². The van der Waals surface area contributed by atoms with E-state index in [9.17, 15) is 9.90 Å². The lowest BCUT2D eigenvalue weighted by Gasteiger charge is -2.71. The Labute approximate surface area is 269 Å². The van der Waals surface area contributed by atoms with Crippen LogP contribution >= 0.6 is 0 Å². The minimum absolute atomic E-state index is 0.147. The van der Waals surface area contributed by atoms with Gasteiger partial charge in [-0.1, -0.05) is 65.2 Å². The van der Waals surface area contributed by atoms with Crippen molar-refractivity contribution in [3.8, 4) is 0 Å². The fourth-order valence-corrected chi connectivity index (χ4v) is 11.8. The summed E-state index contributed by atoms with van der Waals surface area (Å²) in [5, 5.41) is 24.0. The Kier molecular flexibility index (Phi) is 7.66. The van der Waals surface area contributed by atoms with Crippen molar-refractivity contribution in [2.24, 2.45) is 62.4 Å². The highest BCUT2D eigenvalue weighted by Gasteiger charge is 2.72. The van der Waals surface area contributed by atoms with Gasteiger partial charge >= 0.3 is 5.97 Å². The van der Waals surface area contributed by atoms with Gasteiger partial charge in [0, 0.05) is 16.4 Å². The first-order chi connectivity index (χ1) is 20.8. The Balaban J connectivity index is 1.46.